The summed E-state index contributed by atoms with van der Waals surface area (Å²) in [6.07, 6.45) is 6.92. The molecule has 2 aromatic heterocycles. The summed E-state index contributed by atoms with van der Waals surface area (Å²) in [5.41, 5.74) is 10.4. The van der Waals surface area contributed by atoms with Gasteiger partial charge in [-0.3, -0.25) is 4.40 Å². The zero-order chi connectivity index (χ0) is 18.1. The zero-order valence-electron chi connectivity index (χ0n) is 14.5. The molecule has 1 aliphatic rings. The lowest BCUT2D eigenvalue weighted by molar-refractivity contribution is 0.0993. The number of aryl methyl sites for hydroxylation is 1. The number of ether oxygens (including phenoxy) is 1. The number of nitrogens with two attached hydrogens (primary N) is 1. The Hall–Kier alpha value is -2.45. The smallest absolute Gasteiger partial charge is 0.180 e. The first kappa shape index (κ1) is 17.0. The molecule has 8 heteroatoms. The van der Waals surface area contributed by atoms with E-state index in [0.717, 1.165) is 35.3 Å². The molecule has 1 fully saturated rings. The van der Waals surface area contributed by atoms with E-state index in [2.05, 4.69) is 14.7 Å². The third-order valence-corrected chi connectivity index (χ3v) is 6.17. The molecule has 4 rings (SSSR count). The Morgan fingerprint density at radius 2 is 2.12 bits per heavy atom. The molecule has 0 amide bonds. The quantitative estimate of drug-likeness (QED) is 0.735. The van der Waals surface area contributed by atoms with Gasteiger partial charge in [-0.2, -0.15) is 0 Å². The first-order chi connectivity index (χ1) is 12.6. The van der Waals surface area contributed by atoms with Crippen LogP contribution in [0.5, 0.6) is 0 Å². The van der Waals surface area contributed by atoms with Crippen LogP contribution in [0.4, 0.5) is 11.5 Å². The van der Waals surface area contributed by atoms with Crippen LogP contribution in [-0.2, 0) is 15.7 Å². The van der Waals surface area contributed by atoms with Gasteiger partial charge in [-0.05, 0) is 37.5 Å². The van der Waals surface area contributed by atoms with Gasteiger partial charge in [0.2, 0.25) is 0 Å². The number of hydrogen-bond donors (Lipinski definition) is 2. The van der Waals surface area contributed by atoms with Crippen LogP contribution in [-0.4, -0.2) is 37.0 Å². The topological polar surface area (TPSA) is 94.5 Å². The van der Waals surface area contributed by atoms with Crippen molar-refractivity contribution in [3.63, 3.8) is 0 Å². The molecule has 26 heavy (non-hydrogen) atoms. The van der Waals surface area contributed by atoms with Crippen LogP contribution in [0, 0.1) is 6.92 Å². The lowest BCUT2D eigenvalue weighted by Gasteiger charge is -2.22. The van der Waals surface area contributed by atoms with E-state index >= 15 is 0 Å². The second-order valence-corrected chi connectivity index (χ2v) is 7.86. The minimum atomic E-state index is -1.13. The highest BCUT2D eigenvalue weighted by Gasteiger charge is 2.21. The summed E-state index contributed by atoms with van der Waals surface area (Å²) in [6, 6.07) is 5.98. The van der Waals surface area contributed by atoms with Crippen LogP contribution in [0.2, 0.25) is 0 Å². The molecule has 3 aromatic rings. The third kappa shape index (κ3) is 3.17. The van der Waals surface area contributed by atoms with E-state index in [9.17, 15) is 4.21 Å². The highest BCUT2D eigenvalue weighted by Crippen LogP contribution is 2.29. The summed E-state index contributed by atoms with van der Waals surface area (Å²) >= 11 is 0. The van der Waals surface area contributed by atoms with Crippen LogP contribution in [0.25, 0.3) is 16.9 Å². The van der Waals surface area contributed by atoms with Gasteiger partial charge < -0.3 is 15.2 Å². The van der Waals surface area contributed by atoms with Gasteiger partial charge in [0, 0.05) is 36.9 Å². The van der Waals surface area contributed by atoms with Crippen molar-refractivity contribution in [2.45, 2.75) is 25.0 Å². The number of anilines is 2. The molecule has 0 aliphatic carbocycles. The van der Waals surface area contributed by atoms with Crippen molar-refractivity contribution in [3.05, 3.63) is 42.4 Å². The number of benzene rings is 1. The van der Waals surface area contributed by atoms with Crippen molar-refractivity contribution in [3.8, 4) is 11.3 Å². The summed E-state index contributed by atoms with van der Waals surface area (Å²) in [7, 11) is -1.13. The van der Waals surface area contributed by atoms with Crippen LogP contribution in [0.1, 0.15) is 18.4 Å². The molecule has 0 spiro atoms. The highest BCUT2D eigenvalue weighted by atomic mass is 32.2. The molecule has 1 aromatic carbocycles. The highest BCUT2D eigenvalue weighted by molar-refractivity contribution is 7.87. The molecule has 1 saturated heterocycles. The van der Waals surface area contributed by atoms with Crippen molar-refractivity contribution in [1.82, 2.24) is 14.4 Å². The molecule has 136 valence electrons. The van der Waals surface area contributed by atoms with Crippen LogP contribution >= 0.6 is 0 Å². The molecule has 3 heterocycles. The Bertz CT molecular complexity index is 965. The van der Waals surface area contributed by atoms with Crippen molar-refractivity contribution in [2.24, 2.45) is 0 Å². The summed E-state index contributed by atoms with van der Waals surface area (Å²) in [6.45, 7) is 3.39. The maximum Gasteiger partial charge on any atom is 0.180 e. The average Bonchev–Trinajstić information content (AvgIpc) is 3.09. The zero-order valence-corrected chi connectivity index (χ0v) is 15.3. The molecule has 3 N–H and O–H groups in total. The van der Waals surface area contributed by atoms with Gasteiger partial charge in [0.1, 0.15) is 11.0 Å². The largest absolute Gasteiger partial charge is 0.381 e. The number of nitrogens with one attached hydrogen (secondary N) is 1. The van der Waals surface area contributed by atoms with Gasteiger partial charge in [0.15, 0.2) is 11.5 Å². The Kier molecular flexibility index (Phi) is 4.60. The van der Waals surface area contributed by atoms with E-state index in [1.165, 1.54) is 0 Å². The lowest BCUT2D eigenvalue weighted by Crippen LogP contribution is -2.28. The van der Waals surface area contributed by atoms with E-state index in [1.807, 2.05) is 35.7 Å². The number of nitrogen functional groups attached to an aromatic ring is 1. The van der Waals surface area contributed by atoms with Crippen LogP contribution in [0.15, 0.2) is 36.8 Å². The fraction of sp³-hybridized carbons (Fsp3) is 0.333. The molecular formula is C18H21N5O2S. The monoisotopic (exact) mass is 371 g/mol. The predicted octanol–water partition coefficient (Wildman–Crippen LogP) is 2.54. The first-order valence-electron chi connectivity index (χ1n) is 8.57. The van der Waals surface area contributed by atoms with Crippen LogP contribution < -0.4 is 10.5 Å². The fourth-order valence-corrected chi connectivity index (χ4v) is 4.34. The number of aromatic nitrogens is 3. The van der Waals surface area contributed by atoms with Crippen LogP contribution in [0.3, 0.4) is 0 Å². The lowest BCUT2D eigenvalue weighted by atomic mass is 10.1. The van der Waals surface area contributed by atoms with Crippen molar-refractivity contribution in [2.75, 3.05) is 23.7 Å². The van der Waals surface area contributed by atoms with Gasteiger partial charge in [-0.25, -0.2) is 14.2 Å². The molecule has 0 saturated carbocycles. The maximum absolute atomic E-state index is 12.6. The second kappa shape index (κ2) is 7.05. The van der Waals surface area contributed by atoms with E-state index in [1.54, 1.807) is 12.4 Å². The standard InChI is InChI=1S/C18H21N5O2S/c1-12-2-3-13(22-26(24)14-4-8-25-9-5-14)10-15(12)16-11-21-18-17(19)20-6-7-23(16)18/h2-3,6-7,10-11,14,22H,4-5,8-9H2,1H3,(H2,19,20). The summed E-state index contributed by atoms with van der Waals surface area (Å²) < 4.78 is 23.0. The molecular weight excluding hydrogens is 350 g/mol. The van der Waals surface area contributed by atoms with Crippen molar-refractivity contribution < 1.29 is 8.95 Å². The Morgan fingerprint density at radius 1 is 1.31 bits per heavy atom. The second-order valence-electron chi connectivity index (χ2n) is 6.39. The SMILES string of the molecule is Cc1ccc(NS(=O)C2CCOCC2)cc1-c1cnc2c(N)nccn12. The minimum Gasteiger partial charge on any atom is -0.381 e. The Morgan fingerprint density at radius 3 is 2.92 bits per heavy atom. The van der Waals surface area contributed by atoms with E-state index < -0.39 is 11.0 Å². The Balaban J connectivity index is 1.66. The molecule has 0 radical (unpaired) electrons. The number of nitrogens with zero attached hydrogens (tertiary/aromatic N) is 3. The van der Waals surface area contributed by atoms with Gasteiger partial charge in [-0.15, -0.1) is 0 Å². The number of hydrogen-bond acceptors (Lipinski definition) is 5. The van der Waals surface area contributed by atoms with Crippen molar-refractivity contribution >= 4 is 28.1 Å². The number of imidazole rings is 1. The van der Waals surface area contributed by atoms with Gasteiger partial charge in [0.05, 0.1) is 17.1 Å². The normalized spacial score (nSPS) is 16.7. The Labute approximate surface area is 154 Å². The first-order valence-corrected chi connectivity index (χ1v) is 9.78. The summed E-state index contributed by atoms with van der Waals surface area (Å²) in [4.78, 5) is 8.46. The third-order valence-electron chi connectivity index (χ3n) is 4.66. The van der Waals surface area contributed by atoms with Gasteiger partial charge in [-0.1, -0.05) is 6.07 Å². The van der Waals surface area contributed by atoms with Crippen molar-refractivity contribution in [1.29, 1.82) is 0 Å². The van der Waals surface area contributed by atoms with E-state index in [0.29, 0.717) is 24.7 Å². The van der Waals surface area contributed by atoms with Gasteiger partial charge >= 0.3 is 0 Å². The maximum atomic E-state index is 12.6. The van der Waals surface area contributed by atoms with E-state index in [4.69, 9.17) is 10.5 Å². The number of fused-ring (bicyclic) bond motifs is 1. The summed E-state index contributed by atoms with van der Waals surface area (Å²) in [5, 5.41) is 0.121. The van der Waals surface area contributed by atoms with Gasteiger partial charge in [0.25, 0.3) is 0 Å². The molecule has 1 unspecified atom stereocenters. The minimum absolute atomic E-state index is 0.121. The molecule has 0 bridgehead atoms. The fourth-order valence-electron chi connectivity index (χ4n) is 3.19. The molecule has 1 aliphatic heterocycles. The van der Waals surface area contributed by atoms with E-state index in [-0.39, 0.29) is 5.25 Å². The predicted molar refractivity (Wildman–Crippen MR) is 103 cm³/mol. The summed E-state index contributed by atoms with van der Waals surface area (Å²) in [5.74, 6) is 0.395. The average molecular weight is 371 g/mol. The number of rotatable bonds is 4. The molecule has 1 atom stereocenters. The molecule has 7 nitrogen and oxygen atoms in total.